The van der Waals surface area contributed by atoms with Crippen molar-refractivity contribution in [1.29, 1.82) is 0 Å². The molecule has 0 spiro atoms. The van der Waals surface area contributed by atoms with Crippen LogP contribution in [-0.4, -0.2) is 40.9 Å². The third-order valence-electron chi connectivity index (χ3n) is 10.3. The molecule has 4 aliphatic carbocycles. The lowest BCUT2D eigenvalue weighted by atomic mass is 9.43. The first-order valence-corrected chi connectivity index (χ1v) is 11.9. The average molecular weight is 395 g/mol. The molecule has 4 nitrogen and oxygen atoms in total. The van der Waals surface area contributed by atoms with E-state index >= 15 is 0 Å². The third kappa shape index (κ3) is 3.18. The normalized spacial score (nSPS) is 51.9. The molecule has 4 fully saturated rings. The number of ether oxygens (including phenoxy) is 1. The highest BCUT2D eigenvalue weighted by molar-refractivity contribution is 5.12. The van der Waals surface area contributed by atoms with Crippen LogP contribution in [0.5, 0.6) is 0 Å². The van der Waals surface area contributed by atoms with Gasteiger partial charge in [-0.05, 0) is 104 Å². The molecule has 4 aliphatic rings. The first kappa shape index (κ1) is 21.1. The highest BCUT2D eigenvalue weighted by atomic mass is 16.6. The molecule has 3 N–H and O–H groups in total. The van der Waals surface area contributed by atoms with Crippen molar-refractivity contribution in [3.05, 3.63) is 0 Å². The van der Waals surface area contributed by atoms with Crippen molar-refractivity contribution in [3.8, 4) is 0 Å². The third-order valence-corrected chi connectivity index (χ3v) is 10.3. The summed E-state index contributed by atoms with van der Waals surface area (Å²) in [4.78, 5) is 0. The van der Waals surface area contributed by atoms with E-state index in [1.54, 1.807) is 0 Å². The minimum atomic E-state index is -0.213. The molecule has 4 saturated carbocycles. The van der Waals surface area contributed by atoms with E-state index in [1.807, 2.05) is 0 Å². The summed E-state index contributed by atoms with van der Waals surface area (Å²) in [5.74, 6) is 3.71. The van der Waals surface area contributed by atoms with Gasteiger partial charge in [-0.25, -0.2) is 0 Å². The van der Waals surface area contributed by atoms with Gasteiger partial charge in [-0.15, -0.1) is 0 Å². The lowest BCUT2D eigenvalue weighted by Gasteiger charge is -2.62. The van der Waals surface area contributed by atoms with Gasteiger partial charge in [0.25, 0.3) is 0 Å². The van der Waals surface area contributed by atoms with Crippen LogP contribution in [0.15, 0.2) is 0 Å². The standard InChI is InChI=1S/C24H42O4/c1-15(9-11-28-14-25)19-6-7-20-18-5-4-16-12-17(26)8-10-23(16,2)21(18)13-22(27)24(19,20)3/h15-22,25-27H,4-14H2,1-3H3/t15?,16?,17-,18?,19?,20?,21?,22+,23+,24-/m1/s1. The summed E-state index contributed by atoms with van der Waals surface area (Å²) in [5, 5.41) is 30.6. The molecule has 0 saturated heterocycles. The van der Waals surface area contributed by atoms with Crippen molar-refractivity contribution in [1.82, 2.24) is 0 Å². The van der Waals surface area contributed by atoms with E-state index in [0.717, 1.165) is 38.0 Å². The van der Waals surface area contributed by atoms with Crippen LogP contribution in [-0.2, 0) is 4.74 Å². The van der Waals surface area contributed by atoms with Crippen molar-refractivity contribution in [3.63, 3.8) is 0 Å². The Morgan fingerprint density at radius 1 is 1.00 bits per heavy atom. The smallest absolute Gasteiger partial charge is 0.143 e. The summed E-state index contributed by atoms with van der Waals surface area (Å²) in [6.07, 6.45) is 9.69. The summed E-state index contributed by atoms with van der Waals surface area (Å²) >= 11 is 0. The molecule has 4 rings (SSSR count). The molecule has 0 radical (unpaired) electrons. The Balaban J connectivity index is 1.54. The molecular weight excluding hydrogens is 352 g/mol. The highest BCUT2D eigenvalue weighted by Crippen LogP contribution is 2.68. The minimum absolute atomic E-state index is 0.0250. The zero-order valence-corrected chi connectivity index (χ0v) is 18.1. The van der Waals surface area contributed by atoms with Gasteiger partial charge in [-0.3, -0.25) is 0 Å². The molecule has 6 unspecified atom stereocenters. The van der Waals surface area contributed by atoms with Gasteiger partial charge in [-0.2, -0.15) is 0 Å². The summed E-state index contributed by atoms with van der Waals surface area (Å²) in [5.41, 5.74) is 0.334. The average Bonchev–Trinajstić information content (AvgIpc) is 3.02. The predicted octanol–water partition coefficient (Wildman–Crippen LogP) is 3.97. The van der Waals surface area contributed by atoms with Gasteiger partial charge >= 0.3 is 0 Å². The van der Waals surface area contributed by atoms with Gasteiger partial charge in [0.2, 0.25) is 0 Å². The van der Waals surface area contributed by atoms with Crippen LogP contribution in [0, 0.1) is 46.3 Å². The zero-order valence-electron chi connectivity index (χ0n) is 18.1. The number of fused-ring (bicyclic) bond motifs is 5. The molecule has 0 aromatic heterocycles. The fraction of sp³-hybridized carbons (Fsp3) is 1.00. The van der Waals surface area contributed by atoms with Crippen LogP contribution in [0.3, 0.4) is 0 Å². The van der Waals surface area contributed by atoms with Gasteiger partial charge < -0.3 is 20.1 Å². The maximum atomic E-state index is 11.5. The van der Waals surface area contributed by atoms with E-state index in [2.05, 4.69) is 20.8 Å². The number of hydrogen-bond donors (Lipinski definition) is 3. The van der Waals surface area contributed by atoms with Gasteiger partial charge in [0.1, 0.15) is 6.79 Å². The molecule has 0 aromatic rings. The second-order valence-corrected chi connectivity index (χ2v) is 11.2. The van der Waals surface area contributed by atoms with E-state index in [-0.39, 0.29) is 24.4 Å². The van der Waals surface area contributed by atoms with Gasteiger partial charge in [0.05, 0.1) is 12.2 Å². The largest absolute Gasteiger partial charge is 0.393 e. The SMILES string of the molecule is CC(CCOCO)C1CCC2C3CCC4C[C@H](O)CC[C@]4(C)C3C[C@H](O)[C@]12C. The minimum Gasteiger partial charge on any atom is -0.393 e. The molecule has 10 atom stereocenters. The van der Waals surface area contributed by atoms with E-state index in [1.165, 1.54) is 25.7 Å². The van der Waals surface area contributed by atoms with Crippen molar-refractivity contribution in [2.24, 2.45) is 46.3 Å². The molecule has 162 valence electrons. The van der Waals surface area contributed by atoms with Crippen molar-refractivity contribution in [2.45, 2.75) is 90.8 Å². The van der Waals surface area contributed by atoms with Crippen LogP contribution < -0.4 is 0 Å². The molecular formula is C24H42O4. The molecule has 0 heterocycles. The maximum Gasteiger partial charge on any atom is 0.143 e. The molecule has 0 aliphatic heterocycles. The lowest BCUT2D eigenvalue weighted by Crippen LogP contribution is -2.58. The van der Waals surface area contributed by atoms with E-state index in [9.17, 15) is 10.2 Å². The number of rotatable bonds is 5. The Morgan fingerprint density at radius 2 is 1.79 bits per heavy atom. The molecule has 28 heavy (non-hydrogen) atoms. The fourth-order valence-corrected chi connectivity index (χ4v) is 8.70. The highest BCUT2D eigenvalue weighted by Gasteiger charge is 2.63. The second-order valence-electron chi connectivity index (χ2n) is 11.2. The monoisotopic (exact) mass is 394 g/mol. The van der Waals surface area contributed by atoms with Gasteiger partial charge in [-0.1, -0.05) is 20.8 Å². The Kier molecular flexibility index (Phi) is 5.90. The Bertz CT molecular complexity index is 553. The Labute approximate surface area is 171 Å². The van der Waals surface area contributed by atoms with Crippen molar-refractivity contribution in [2.75, 3.05) is 13.4 Å². The van der Waals surface area contributed by atoms with Crippen LogP contribution >= 0.6 is 0 Å². The van der Waals surface area contributed by atoms with Crippen molar-refractivity contribution >= 4 is 0 Å². The summed E-state index contributed by atoms with van der Waals surface area (Å²) in [6, 6.07) is 0. The van der Waals surface area contributed by atoms with Gasteiger partial charge in [0, 0.05) is 6.61 Å². The molecule has 4 heteroatoms. The van der Waals surface area contributed by atoms with Crippen LogP contribution in [0.25, 0.3) is 0 Å². The number of hydrogen-bond acceptors (Lipinski definition) is 4. The maximum absolute atomic E-state index is 11.5. The van der Waals surface area contributed by atoms with Gasteiger partial charge in [0.15, 0.2) is 0 Å². The Hall–Kier alpha value is -0.160. The van der Waals surface area contributed by atoms with E-state index < -0.39 is 0 Å². The van der Waals surface area contributed by atoms with Crippen molar-refractivity contribution < 1.29 is 20.1 Å². The lowest BCUT2D eigenvalue weighted by molar-refractivity contribution is -0.175. The Morgan fingerprint density at radius 3 is 2.54 bits per heavy atom. The topological polar surface area (TPSA) is 69.9 Å². The number of aliphatic hydroxyl groups excluding tert-OH is 3. The predicted molar refractivity (Wildman–Crippen MR) is 109 cm³/mol. The molecule has 0 bridgehead atoms. The zero-order chi connectivity index (χ0) is 20.1. The van der Waals surface area contributed by atoms with Crippen LogP contribution in [0.1, 0.15) is 78.6 Å². The summed E-state index contributed by atoms with van der Waals surface area (Å²) in [7, 11) is 0. The van der Waals surface area contributed by atoms with E-state index in [4.69, 9.17) is 9.84 Å². The first-order valence-electron chi connectivity index (χ1n) is 11.9. The fourth-order valence-electron chi connectivity index (χ4n) is 8.70. The number of aliphatic hydroxyl groups is 3. The van der Waals surface area contributed by atoms with Crippen LogP contribution in [0.4, 0.5) is 0 Å². The summed E-state index contributed by atoms with van der Waals surface area (Å²) < 4.78 is 5.20. The quantitative estimate of drug-likeness (QED) is 0.487. The van der Waals surface area contributed by atoms with E-state index in [0.29, 0.717) is 41.6 Å². The molecule has 0 aromatic carbocycles. The molecule has 0 amide bonds. The van der Waals surface area contributed by atoms with Crippen LogP contribution in [0.2, 0.25) is 0 Å². The second kappa shape index (κ2) is 7.83. The summed E-state index contributed by atoms with van der Waals surface area (Å²) in [6.45, 7) is 7.60. The first-order chi connectivity index (χ1) is 13.3.